The summed E-state index contributed by atoms with van der Waals surface area (Å²) in [5.41, 5.74) is -0.428. The molecule has 1 aliphatic heterocycles. The molecule has 0 spiro atoms. The lowest BCUT2D eigenvalue weighted by Crippen LogP contribution is -2.54. The smallest absolute Gasteiger partial charge is 0.338 e. The number of ether oxygens (including phenoxy) is 1. The second-order valence-corrected chi connectivity index (χ2v) is 8.73. The third-order valence-corrected chi connectivity index (χ3v) is 6.86. The van der Waals surface area contributed by atoms with Gasteiger partial charge in [0.2, 0.25) is 0 Å². The van der Waals surface area contributed by atoms with E-state index in [9.17, 15) is 9.90 Å². The van der Waals surface area contributed by atoms with E-state index in [1.165, 1.54) is 19.3 Å². The van der Waals surface area contributed by atoms with Crippen LogP contribution in [0.5, 0.6) is 0 Å². The van der Waals surface area contributed by atoms with E-state index in [0.717, 1.165) is 16.6 Å². The summed E-state index contributed by atoms with van der Waals surface area (Å²) in [7, 11) is 0. The van der Waals surface area contributed by atoms with Crippen LogP contribution in [0.25, 0.3) is 6.08 Å². The number of carbonyl (C=O) groups is 1. The molecule has 1 N–H and O–H groups in total. The van der Waals surface area contributed by atoms with Gasteiger partial charge in [-0.3, -0.25) is 4.98 Å². The third kappa shape index (κ3) is 2.95. The number of halogens is 1. The molecular weight excluding hydrogens is 382 g/mol. The van der Waals surface area contributed by atoms with Crippen molar-refractivity contribution < 1.29 is 14.6 Å². The number of esters is 1. The highest BCUT2D eigenvalue weighted by atomic mass is 79.9. The van der Waals surface area contributed by atoms with E-state index in [-0.39, 0.29) is 17.9 Å². The van der Waals surface area contributed by atoms with Gasteiger partial charge in [-0.2, -0.15) is 0 Å². The van der Waals surface area contributed by atoms with Crippen LogP contribution in [-0.4, -0.2) is 27.8 Å². The van der Waals surface area contributed by atoms with Gasteiger partial charge in [0.15, 0.2) is 5.60 Å². The second-order valence-electron chi connectivity index (χ2n) is 7.81. The number of nitrogens with zero attached hydrogens (tertiary/aromatic N) is 1. The molecule has 25 heavy (non-hydrogen) atoms. The van der Waals surface area contributed by atoms with Gasteiger partial charge >= 0.3 is 5.97 Å². The topological polar surface area (TPSA) is 59.4 Å². The summed E-state index contributed by atoms with van der Waals surface area (Å²) >= 11 is 3.40. The molecule has 0 aromatic carbocycles. The Morgan fingerprint density at radius 1 is 1.36 bits per heavy atom. The maximum Gasteiger partial charge on any atom is 0.338 e. The minimum atomic E-state index is -1.32. The van der Waals surface area contributed by atoms with Crippen molar-refractivity contribution in [3.63, 3.8) is 0 Å². The zero-order valence-corrected chi connectivity index (χ0v) is 16.0. The zero-order valence-electron chi connectivity index (χ0n) is 14.4. The van der Waals surface area contributed by atoms with Gasteiger partial charge in [-0.1, -0.05) is 25.3 Å². The van der Waals surface area contributed by atoms with Gasteiger partial charge in [-0.05, 0) is 71.7 Å². The maximum atomic E-state index is 12.4. The number of aromatic nitrogens is 1. The Morgan fingerprint density at radius 3 is 2.92 bits per heavy atom. The molecule has 5 heteroatoms. The second kappa shape index (κ2) is 6.51. The van der Waals surface area contributed by atoms with Crippen LogP contribution in [0, 0.1) is 23.7 Å². The predicted octanol–water partition coefficient (Wildman–Crippen LogP) is 3.98. The van der Waals surface area contributed by atoms with Crippen LogP contribution < -0.4 is 0 Å². The van der Waals surface area contributed by atoms with E-state index in [0.29, 0.717) is 18.3 Å². The Morgan fingerprint density at radius 2 is 2.16 bits per heavy atom. The van der Waals surface area contributed by atoms with Crippen LogP contribution in [0.2, 0.25) is 0 Å². The third-order valence-electron chi connectivity index (χ3n) is 6.39. The van der Waals surface area contributed by atoms with Crippen LogP contribution in [0.15, 0.2) is 28.9 Å². The van der Waals surface area contributed by atoms with Gasteiger partial charge in [0.1, 0.15) is 6.10 Å². The number of hydrogen-bond donors (Lipinski definition) is 1. The molecule has 4 rings (SSSR count). The van der Waals surface area contributed by atoms with E-state index in [4.69, 9.17) is 4.74 Å². The predicted molar refractivity (Wildman–Crippen MR) is 98.5 cm³/mol. The number of cyclic esters (lactones) is 1. The number of fused-ring (bicyclic) bond motifs is 2. The highest BCUT2D eigenvalue weighted by molar-refractivity contribution is 9.10. The van der Waals surface area contributed by atoms with E-state index in [2.05, 4.69) is 27.0 Å². The van der Waals surface area contributed by atoms with E-state index < -0.39 is 11.6 Å². The average Bonchev–Trinajstić information content (AvgIpc) is 2.82. The van der Waals surface area contributed by atoms with Gasteiger partial charge < -0.3 is 9.84 Å². The molecule has 0 amide bonds. The summed E-state index contributed by atoms with van der Waals surface area (Å²) < 4.78 is 6.42. The summed E-state index contributed by atoms with van der Waals surface area (Å²) in [6.45, 7) is 1.92. The lowest BCUT2D eigenvalue weighted by molar-refractivity contribution is -0.162. The number of aliphatic hydroxyl groups is 1. The fraction of sp³-hybridized carbons (Fsp3) is 0.600. The molecule has 6 atom stereocenters. The van der Waals surface area contributed by atoms with Gasteiger partial charge in [-0.25, -0.2) is 4.79 Å². The van der Waals surface area contributed by atoms with Crippen LogP contribution in [0.1, 0.15) is 44.7 Å². The summed E-state index contributed by atoms with van der Waals surface area (Å²) in [4.78, 5) is 16.8. The summed E-state index contributed by atoms with van der Waals surface area (Å²) in [5, 5.41) is 11.2. The van der Waals surface area contributed by atoms with Crippen molar-refractivity contribution in [1.29, 1.82) is 0 Å². The molecule has 2 saturated carbocycles. The lowest BCUT2D eigenvalue weighted by atomic mass is 9.56. The first-order valence-corrected chi connectivity index (χ1v) is 10.0. The van der Waals surface area contributed by atoms with Crippen LogP contribution in [0.4, 0.5) is 0 Å². The quantitative estimate of drug-likeness (QED) is 0.755. The monoisotopic (exact) mass is 405 g/mol. The molecule has 1 aromatic rings. The van der Waals surface area contributed by atoms with Crippen molar-refractivity contribution in [3.8, 4) is 0 Å². The number of rotatable bonds is 2. The Balaban J connectivity index is 1.68. The van der Waals surface area contributed by atoms with Gasteiger partial charge in [0.05, 0.1) is 5.69 Å². The van der Waals surface area contributed by atoms with Crippen molar-refractivity contribution in [2.45, 2.75) is 50.7 Å². The number of pyridine rings is 1. The van der Waals surface area contributed by atoms with Crippen molar-refractivity contribution >= 4 is 28.0 Å². The molecule has 3 aliphatic rings. The Kier molecular flexibility index (Phi) is 4.49. The highest BCUT2D eigenvalue weighted by Gasteiger charge is 2.63. The molecular formula is C20H24BrNO3. The number of hydrogen-bond acceptors (Lipinski definition) is 4. The minimum absolute atomic E-state index is 0.149. The van der Waals surface area contributed by atoms with E-state index in [1.807, 2.05) is 25.1 Å². The summed E-state index contributed by atoms with van der Waals surface area (Å²) in [6.07, 6.45) is 11.0. The first-order chi connectivity index (χ1) is 12.0. The summed E-state index contributed by atoms with van der Waals surface area (Å²) in [6, 6.07) is 3.94. The molecule has 2 heterocycles. The summed E-state index contributed by atoms with van der Waals surface area (Å²) in [5.74, 6) is 0.485. The number of allylic oxidation sites excluding steroid dienone is 1. The average molecular weight is 406 g/mol. The van der Waals surface area contributed by atoms with Crippen molar-refractivity contribution in [2.24, 2.45) is 23.7 Å². The molecule has 2 aliphatic carbocycles. The molecule has 134 valence electrons. The Labute approximate surface area is 156 Å². The lowest BCUT2D eigenvalue weighted by Gasteiger charge is -2.48. The molecule has 0 bridgehead atoms. The Hall–Kier alpha value is -1.20. The van der Waals surface area contributed by atoms with Crippen LogP contribution in [-0.2, 0) is 9.53 Å². The molecule has 1 aromatic heterocycles. The van der Waals surface area contributed by atoms with Crippen molar-refractivity contribution in [3.05, 3.63) is 34.6 Å². The van der Waals surface area contributed by atoms with Gasteiger partial charge in [0, 0.05) is 16.6 Å². The first kappa shape index (κ1) is 17.2. The maximum absolute atomic E-state index is 12.4. The molecule has 3 fully saturated rings. The van der Waals surface area contributed by atoms with Crippen LogP contribution in [0.3, 0.4) is 0 Å². The number of carbonyl (C=O) groups excluding carboxylic acids is 1. The fourth-order valence-corrected chi connectivity index (χ4v) is 5.57. The van der Waals surface area contributed by atoms with Crippen molar-refractivity contribution in [1.82, 2.24) is 4.98 Å². The van der Waals surface area contributed by atoms with Crippen molar-refractivity contribution in [2.75, 3.05) is 0 Å². The largest absolute Gasteiger partial charge is 0.460 e. The Bertz CT molecular complexity index is 689. The van der Waals surface area contributed by atoms with Crippen LogP contribution >= 0.6 is 15.9 Å². The van der Waals surface area contributed by atoms with E-state index in [1.54, 1.807) is 6.20 Å². The molecule has 1 saturated heterocycles. The normalized spacial score (nSPS) is 40.6. The SMILES string of the molecule is C[C@H]1OC(=O)[C@]2(O)C[C@@H]3CCCC[C@H]3[C@H](/C=C/c3ccc(Br)cn3)[C@H]12. The standard InChI is InChI=1S/C20H24BrNO3/c1-12-18-17(9-8-15-7-6-14(21)11-22-15)16-5-3-2-4-13(16)10-20(18,24)19(23)25-12/h6-9,11-13,16-18,24H,2-5,10H2,1H3/b9-8+/t12-,13+,16-,17+,18+,20+/m1/s1. The first-order valence-electron chi connectivity index (χ1n) is 9.22. The minimum Gasteiger partial charge on any atom is -0.460 e. The van der Waals surface area contributed by atoms with E-state index >= 15 is 0 Å². The molecule has 4 nitrogen and oxygen atoms in total. The van der Waals surface area contributed by atoms with Gasteiger partial charge in [0.25, 0.3) is 0 Å². The highest BCUT2D eigenvalue weighted by Crippen LogP contribution is 2.55. The fourth-order valence-electron chi connectivity index (χ4n) is 5.34. The molecule has 0 unspecified atom stereocenters. The zero-order chi connectivity index (χ0) is 17.6. The van der Waals surface area contributed by atoms with Gasteiger partial charge in [-0.15, -0.1) is 0 Å². The molecule has 0 radical (unpaired) electrons.